The van der Waals surface area contributed by atoms with Gasteiger partial charge in [-0.3, -0.25) is 4.98 Å². The van der Waals surface area contributed by atoms with Crippen molar-refractivity contribution in [3.05, 3.63) is 67.1 Å². The van der Waals surface area contributed by atoms with Gasteiger partial charge in [0.15, 0.2) is 0 Å². The summed E-state index contributed by atoms with van der Waals surface area (Å²) in [6, 6.07) is 15.4. The van der Waals surface area contributed by atoms with Gasteiger partial charge in [0.25, 0.3) is 0 Å². The summed E-state index contributed by atoms with van der Waals surface area (Å²) < 4.78 is 5.27. The molecule has 0 spiro atoms. The molecule has 146 valence electrons. The zero-order chi connectivity index (χ0) is 20.1. The summed E-state index contributed by atoms with van der Waals surface area (Å²) in [5.74, 6) is 2.19. The summed E-state index contributed by atoms with van der Waals surface area (Å²) in [4.78, 5) is 13.4. The lowest BCUT2D eigenvalue weighted by Gasteiger charge is -2.12. The number of hydrogen-bond donors (Lipinski definition) is 3. The Kier molecular flexibility index (Phi) is 5.49. The average molecular weight is 387 g/mol. The zero-order valence-corrected chi connectivity index (χ0v) is 16.0. The van der Waals surface area contributed by atoms with Gasteiger partial charge in [-0.1, -0.05) is 6.07 Å². The first-order chi connectivity index (χ1) is 14.3. The molecule has 0 atom stereocenters. The number of fused-ring (bicyclic) bond motifs is 1. The molecule has 0 saturated heterocycles. The van der Waals surface area contributed by atoms with Crippen LogP contribution in [0.1, 0.15) is 0 Å². The van der Waals surface area contributed by atoms with E-state index >= 15 is 0 Å². The normalized spacial score (nSPS) is 10.7. The molecule has 4 aromatic rings. The number of methoxy groups -OCH3 is 1. The van der Waals surface area contributed by atoms with Crippen molar-refractivity contribution in [2.75, 3.05) is 30.9 Å². The van der Waals surface area contributed by atoms with Crippen LogP contribution in [0.25, 0.3) is 22.0 Å². The van der Waals surface area contributed by atoms with Crippen LogP contribution in [-0.2, 0) is 0 Å². The van der Waals surface area contributed by atoms with Gasteiger partial charge in [-0.2, -0.15) is 0 Å². The minimum atomic E-state index is 0.0301. The maximum Gasteiger partial charge on any atom is 0.134 e. The molecule has 7 heteroatoms. The molecule has 3 heterocycles. The van der Waals surface area contributed by atoms with Crippen molar-refractivity contribution >= 4 is 28.1 Å². The molecule has 0 bridgehead atoms. The summed E-state index contributed by atoms with van der Waals surface area (Å²) in [5, 5.41) is 17.6. The molecule has 0 aliphatic heterocycles. The fourth-order valence-corrected chi connectivity index (χ4v) is 3.06. The lowest BCUT2D eigenvalue weighted by atomic mass is 10.1. The molecular formula is C22H21N5O2. The van der Waals surface area contributed by atoms with E-state index in [4.69, 9.17) is 9.72 Å². The number of aliphatic hydroxyl groups excluding tert-OH is 1. The Morgan fingerprint density at radius 1 is 1.07 bits per heavy atom. The molecule has 0 aliphatic rings. The third-order valence-corrected chi connectivity index (χ3v) is 4.43. The average Bonchev–Trinajstić information content (AvgIpc) is 2.77. The smallest absolute Gasteiger partial charge is 0.134 e. The Labute approximate surface area is 168 Å². The highest BCUT2D eigenvalue weighted by Crippen LogP contribution is 2.29. The molecule has 3 N–H and O–H groups in total. The van der Waals surface area contributed by atoms with Crippen molar-refractivity contribution in [1.82, 2.24) is 15.0 Å². The van der Waals surface area contributed by atoms with Gasteiger partial charge in [0.1, 0.15) is 17.4 Å². The number of anilines is 3. The topological polar surface area (TPSA) is 92.2 Å². The first-order valence-corrected chi connectivity index (χ1v) is 9.24. The van der Waals surface area contributed by atoms with Gasteiger partial charge >= 0.3 is 0 Å². The second-order valence-corrected chi connectivity index (χ2v) is 6.39. The number of nitrogens with one attached hydrogen (secondary N) is 2. The number of pyridine rings is 3. The Hall–Kier alpha value is -3.71. The highest BCUT2D eigenvalue weighted by Gasteiger charge is 2.09. The van der Waals surface area contributed by atoms with Gasteiger partial charge in [0.05, 0.1) is 19.4 Å². The van der Waals surface area contributed by atoms with Crippen LogP contribution in [0.15, 0.2) is 67.1 Å². The maximum atomic E-state index is 9.17. The fourth-order valence-electron chi connectivity index (χ4n) is 3.06. The third kappa shape index (κ3) is 4.25. The molecule has 0 saturated carbocycles. The standard InChI is InChI=1S/C22H21N5O2/c1-29-18-4-2-3-17(13-18)26-21-12-15(5-8-24-21)20-11-16-14-23-7-6-19(16)22(27-20)25-9-10-28/h2-8,11-14,28H,9-10H2,1H3,(H,24,26)(H,25,27). The van der Waals surface area contributed by atoms with Gasteiger partial charge in [-0.25, -0.2) is 9.97 Å². The minimum absolute atomic E-state index is 0.0301. The first-order valence-electron chi connectivity index (χ1n) is 9.24. The predicted molar refractivity (Wildman–Crippen MR) is 115 cm³/mol. The van der Waals surface area contributed by atoms with E-state index in [0.717, 1.165) is 33.5 Å². The molecule has 0 unspecified atom stereocenters. The largest absolute Gasteiger partial charge is 0.497 e. The second kappa shape index (κ2) is 8.53. The van der Waals surface area contributed by atoms with E-state index in [2.05, 4.69) is 20.6 Å². The van der Waals surface area contributed by atoms with Crippen LogP contribution in [0.4, 0.5) is 17.3 Å². The van der Waals surface area contributed by atoms with Crippen LogP contribution in [0, 0.1) is 0 Å². The van der Waals surface area contributed by atoms with Crippen molar-refractivity contribution in [3.8, 4) is 17.0 Å². The van der Waals surface area contributed by atoms with Crippen molar-refractivity contribution in [1.29, 1.82) is 0 Å². The van der Waals surface area contributed by atoms with Crippen LogP contribution in [0.5, 0.6) is 5.75 Å². The van der Waals surface area contributed by atoms with Crippen molar-refractivity contribution in [2.24, 2.45) is 0 Å². The summed E-state index contributed by atoms with van der Waals surface area (Å²) in [6.45, 7) is 0.454. The van der Waals surface area contributed by atoms with Crippen molar-refractivity contribution in [2.45, 2.75) is 0 Å². The van der Waals surface area contributed by atoms with Gasteiger partial charge in [0.2, 0.25) is 0 Å². The van der Waals surface area contributed by atoms with E-state index < -0.39 is 0 Å². The van der Waals surface area contributed by atoms with Crippen molar-refractivity contribution in [3.63, 3.8) is 0 Å². The number of aliphatic hydroxyl groups is 1. The van der Waals surface area contributed by atoms with Gasteiger partial charge in [-0.05, 0) is 36.4 Å². The van der Waals surface area contributed by atoms with Crippen LogP contribution in [0.3, 0.4) is 0 Å². The van der Waals surface area contributed by atoms with Gasteiger partial charge < -0.3 is 20.5 Å². The lowest BCUT2D eigenvalue weighted by Crippen LogP contribution is -2.08. The molecule has 3 aromatic heterocycles. The second-order valence-electron chi connectivity index (χ2n) is 6.39. The van der Waals surface area contributed by atoms with Crippen LogP contribution >= 0.6 is 0 Å². The maximum absolute atomic E-state index is 9.17. The molecule has 0 aliphatic carbocycles. The molecule has 0 amide bonds. The number of rotatable bonds is 7. The first kappa shape index (κ1) is 18.6. The Morgan fingerprint density at radius 3 is 2.86 bits per heavy atom. The van der Waals surface area contributed by atoms with Gasteiger partial charge in [0, 0.05) is 53.2 Å². The summed E-state index contributed by atoms with van der Waals surface area (Å²) in [6.07, 6.45) is 5.28. The number of hydrogen-bond acceptors (Lipinski definition) is 7. The van der Waals surface area contributed by atoms with E-state index in [-0.39, 0.29) is 6.61 Å². The molecule has 1 aromatic carbocycles. The predicted octanol–water partition coefficient (Wildman–Crippen LogP) is 3.85. The van der Waals surface area contributed by atoms with Crippen LogP contribution < -0.4 is 15.4 Å². The quantitative estimate of drug-likeness (QED) is 0.444. The highest BCUT2D eigenvalue weighted by molar-refractivity contribution is 5.94. The molecule has 29 heavy (non-hydrogen) atoms. The number of benzene rings is 1. The molecule has 0 radical (unpaired) electrons. The molecule has 7 nitrogen and oxygen atoms in total. The van der Waals surface area contributed by atoms with E-state index in [0.29, 0.717) is 18.2 Å². The summed E-state index contributed by atoms with van der Waals surface area (Å²) in [7, 11) is 1.64. The molecule has 4 rings (SSSR count). The third-order valence-electron chi connectivity index (χ3n) is 4.43. The minimum Gasteiger partial charge on any atom is -0.497 e. The fraction of sp³-hybridized carbons (Fsp3) is 0.136. The zero-order valence-electron chi connectivity index (χ0n) is 16.0. The monoisotopic (exact) mass is 387 g/mol. The van der Waals surface area contributed by atoms with Crippen molar-refractivity contribution < 1.29 is 9.84 Å². The summed E-state index contributed by atoms with van der Waals surface area (Å²) >= 11 is 0. The Morgan fingerprint density at radius 2 is 2.00 bits per heavy atom. The highest BCUT2D eigenvalue weighted by atomic mass is 16.5. The lowest BCUT2D eigenvalue weighted by molar-refractivity contribution is 0.311. The Bertz CT molecular complexity index is 1130. The number of ether oxygens (including phenoxy) is 1. The van der Waals surface area contributed by atoms with Gasteiger partial charge in [-0.15, -0.1) is 0 Å². The summed E-state index contributed by atoms with van der Waals surface area (Å²) in [5.41, 5.74) is 2.60. The van der Waals surface area contributed by atoms with E-state index in [1.165, 1.54) is 0 Å². The Balaban J connectivity index is 1.69. The number of nitrogens with zero attached hydrogens (tertiary/aromatic N) is 3. The van der Waals surface area contributed by atoms with E-state index in [1.54, 1.807) is 25.7 Å². The SMILES string of the molecule is COc1cccc(Nc2cc(-c3cc4cnccc4c(NCCO)n3)ccn2)c1. The van der Waals surface area contributed by atoms with E-state index in [1.807, 2.05) is 48.5 Å². The van der Waals surface area contributed by atoms with E-state index in [9.17, 15) is 5.11 Å². The van der Waals surface area contributed by atoms with Crippen LogP contribution in [-0.4, -0.2) is 40.3 Å². The molecule has 0 fully saturated rings. The van der Waals surface area contributed by atoms with Crippen LogP contribution in [0.2, 0.25) is 0 Å². The molecular weight excluding hydrogens is 366 g/mol. The number of aromatic nitrogens is 3.